The van der Waals surface area contributed by atoms with Crippen molar-refractivity contribution in [3.63, 3.8) is 0 Å². The molecule has 0 radical (unpaired) electrons. The minimum atomic E-state index is 0.213. The Morgan fingerprint density at radius 1 is 1.50 bits per heavy atom. The van der Waals surface area contributed by atoms with Crippen molar-refractivity contribution in [2.24, 2.45) is 0 Å². The third-order valence-corrected chi connectivity index (χ3v) is 0.964. The Hall–Kier alpha value is -1.63. The van der Waals surface area contributed by atoms with Crippen LogP contribution in [-0.2, 0) is 0 Å². The molecule has 4 nitrogen and oxygen atoms in total. The fourth-order valence-electron chi connectivity index (χ4n) is 0.551. The van der Waals surface area contributed by atoms with Crippen molar-refractivity contribution in [3.8, 4) is 11.9 Å². The lowest BCUT2D eigenvalue weighted by atomic mass is 10.5. The second-order valence-electron chi connectivity index (χ2n) is 1.53. The Bertz CT molecular complexity index is 266. The minimum Gasteiger partial charge on any atom is -0.479 e. The molecule has 0 aliphatic rings. The molecule has 0 amide bonds. The number of ether oxygens (including phenoxy) is 1. The molecule has 0 aromatic carbocycles. The maximum Gasteiger partial charge on any atom is 0.250 e. The molecule has 10 heavy (non-hydrogen) atoms. The van der Waals surface area contributed by atoms with Gasteiger partial charge in [-0.2, -0.15) is 5.26 Å². The molecular formula is C6H5N3O. The van der Waals surface area contributed by atoms with Crippen LogP contribution in [0.4, 0.5) is 0 Å². The summed E-state index contributed by atoms with van der Waals surface area (Å²) in [4.78, 5) is 7.48. The fraction of sp³-hybridized carbons (Fsp3) is 0.167. The summed E-state index contributed by atoms with van der Waals surface area (Å²) in [6.45, 7) is 0. The molecule has 0 unspecified atom stereocenters. The molecule has 0 aliphatic heterocycles. The number of nitriles is 1. The molecule has 1 aromatic rings. The van der Waals surface area contributed by atoms with E-state index in [2.05, 4.69) is 9.97 Å². The van der Waals surface area contributed by atoms with Crippen LogP contribution in [0.5, 0.6) is 5.88 Å². The van der Waals surface area contributed by atoms with Crippen molar-refractivity contribution in [1.82, 2.24) is 9.97 Å². The van der Waals surface area contributed by atoms with E-state index in [4.69, 9.17) is 10.00 Å². The van der Waals surface area contributed by atoms with E-state index in [9.17, 15) is 0 Å². The Morgan fingerprint density at radius 2 is 2.20 bits per heavy atom. The Kier molecular flexibility index (Phi) is 1.80. The van der Waals surface area contributed by atoms with Crippen LogP contribution in [0, 0.1) is 11.3 Å². The molecule has 0 N–H and O–H groups in total. The molecule has 0 bridgehead atoms. The van der Waals surface area contributed by atoms with Crippen molar-refractivity contribution >= 4 is 0 Å². The summed E-state index contributed by atoms with van der Waals surface area (Å²) in [7, 11) is 1.45. The molecule has 0 fully saturated rings. The van der Waals surface area contributed by atoms with Gasteiger partial charge in [-0.15, -0.1) is 0 Å². The first-order valence-corrected chi connectivity index (χ1v) is 2.63. The zero-order valence-electron chi connectivity index (χ0n) is 5.40. The first-order chi connectivity index (χ1) is 4.88. The first-order valence-electron chi connectivity index (χ1n) is 2.63. The van der Waals surface area contributed by atoms with Crippen LogP contribution in [0.1, 0.15) is 5.69 Å². The third kappa shape index (κ3) is 1.03. The van der Waals surface area contributed by atoms with Gasteiger partial charge in [0.25, 0.3) is 5.88 Å². The van der Waals surface area contributed by atoms with Gasteiger partial charge in [0.2, 0.25) is 5.69 Å². The largest absolute Gasteiger partial charge is 0.479 e. The van der Waals surface area contributed by atoms with Crippen LogP contribution >= 0.6 is 0 Å². The monoisotopic (exact) mass is 135 g/mol. The summed E-state index contributed by atoms with van der Waals surface area (Å²) in [6, 6.07) is 1.85. The highest BCUT2D eigenvalue weighted by molar-refractivity contribution is 5.29. The van der Waals surface area contributed by atoms with Gasteiger partial charge in [-0.05, 0) is 0 Å². The summed E-state index contributed by atoms with van der Waals surface area (Å²) < 4.78 is 4.74. The van der Waals surface area contributed by atoms with Crippen LogP contribution in [0.3, 0.4) is 0 Å². The first kappa shape index (κ1) is 6.49. The van der Waals surface area contributed by atoms with E-state index in [-0.39, 0.29) is 11.6 Å². The van der Waals surface area contributed by atoms with Crippen LogP contribution in [-0.4, -0.2) is 17.1 Å². The van der Waals surface area contributed by atoms with E-state index in [0.717, 1.165) is 0 Å². The van der Waals surface area contributed by atoms with E-state index in [1.165, 1.54) is 19.5 Å². The second-order valence-corrected chi connectivity index (χ2v) is 1.53. The van der Waals surface area contributed by atoms with Gasteiger partial charge in [0.15, 0.2) is 0 Å². The van der Waals surface area contributed by atoms with Crippen LogP contribution in [0.15, 0.2) is 12.4 Å². The predicted octanol–water partition coefficient (Wildman–Crippen LogP) is 0.357. The average molecular weight is 135 g/mol. The minimum absolute atomic E-state index is 0.213. The zero-order valence-corrected chi connectivity index (χ0v) is 5.40. The predicted molar refractivity (Wildman–Crippen MR) is 33.3 cm³/mol. The van der Waals surface area contributed by atoms with Crippen molar-refractivity contribution in [2.45, 2.75) is 0 Å². The van der Waals surface area contributed by atoms with Crippen molar-refractivity contribution < 1.29 is 4.74 Å². The highest BCUT2D eigenvalue weighted by Gasteiger charge is 2.00. The Balaban J connectivity index is 3.12. The Labute approximate surface area is 58.1 Å². The number of rotatable bonds is 1. The molecule has 1 rings (SSSR count). The van der Waals surface area contributed by atoms with Gasteiger partial charge in [0, 0.05) is 12.4 Å². The summed E-state index contributed by atoms with van der Waals surface area (Å²) in [5.41, 5.74) is 0.213. The van der Waals surface area contributed by atoms with Crippen molar-refractivity contribution in [2.75, 3.05) is 7.11 Å². The topological polar surface area (TPSA) is 58.8 Å². The Morgan fingerprint density at radius 3 is 2.70 bits per heavy atom. The second kappa shape index (κ2) is 2.78. The number of nitrogens with zero attached hydrogens (tertiary/aromatic N) is 3. The van der Waals surface area contributed by atoms with Gasteiger partial charge < -0.3 is 4.74 Å². The summed E-state index contributed by atoms with van der Waals surface area (Å²) in [5, 5.41) is 8.42. The summed E-state index contributed by atoms with van der Waals surface area (Å²) in [5.74, 6) is 0.269. The average Bonchev–Trinajstić information content (AvgIpc) is 2.04. The van der Waals surface area contributed by atoms with Crippen LogP contribution in [0.2, 0.25) is 0 Å². The molecule has 1 heterocycles. The number of aromatic nitrogens is 2. The van der Waals surface area contributed by atoms with Crippen LogP contribution < -0.4 is 4.74 Å². The molecule has 0 saturated heterocycles. The van der Waals surface area contributed by atoms with Gasteiger partial charge in [-0.3, -0.25) is 0 Å². The van der Waals surface area contributed by atoms with Gasteiger partial charge in [-0.25, -0.2) is 9.97 Å². The SMILES string of the molecule is COc1nccnc1C#N. The normalized spacial score (nSPS) is 8.40. The van der Waals surface area contributed by atoms with E-state index >= 15 is 0 Å². The van der Waals surface area contributed by atoms with Crippen molar-refractivity contribution in [1.29, 1.82) is 5.26 Å². The van der Waals surface area contributed by atoms with E-state index in [0.29, 0.717) is 0 Å². The maximum absolute atomic E-state index is 8.42. The number of hydrogen-bond acceptors (Lipinski definition) is 4. The zero-order chi connectivity index (χ0) is 7.40. The standard InChI is InChI=1S/C6H5N3O/c1-10-6-5(4-7)8-2-3-9-6/h2-3H,1H3. The maximum atomic E-state index is 8.42. The number of methoxy groups -OCH3 is 1. The number of hydrogen-bond donors (Lipinski definition) is 0. The smallest absolute Gasteiger partial charge is 0.250 e. The van der Waals surface area contributed by atoms with E-state index in [1.54, 1.807) is 0 Å². The van der Waals surface area contributed by atoms with Gasteiger partial charge in [0.05, 0.1) is 7.11 Å². The molecule has 0 atom stereocenters. The van der Waals surface area contributed by atoms with Gasteiger partial charge >= 0.3 is 0 Å². The fourth-order valence-corrected chi connectivity index (χ4v) is 0.551. The van der Waals surface area contributed by atoms with Gasteiger partial charge in [0.1, 0.15) is 6.07 Å². The molecule has 50 valence electrons. The quantitative estimate of drug-likeness (QED) is 0.557. The lowest BCUT2D eigenvalue weighted by Crippen LogP contribution is -1.92. The molecule has 4 heteroatoms. The van der Waals surface area contributed by atoms with Crippen LogP contribution in [0.25, 0.3) is 0 Å². The third-order valence-electron chi connectivity index (χ3n) is 0.964. The highest BCUT2D eigenvalue weighted by Crippen LogP contribution is 2.07. The van der Waals surface area contributed by atoms with Gasteiger partial charge in [-0.1, -0.05) is 0 Å². The molecule has 0 saturated carbocycles. The summed E-state index contributed by atoms with van der Waals surface area (Å²) in [6.07, 6.45) is 2.92. The molecule has 0 aliphatic carbocycles. The van der Waals surface area contributed by atoms with E-state index < -0.39 is 0 Å². The van der Waals surface area contributed by atoms with Crippen molar-refractivity contribution in [3.05, 3.63) is 18.1 Å². The molecule has 1 aromatic heterocycles. The molecule has 0 spiro atoms. The molecular weight excluding hydrogens is 130 g/mol. The summed E-state index contributed by atoms with van der Waals surface area (Å²) >= 11 is 0. The lowest BCUT2D eigenvalue weighted by Gasteiger charge is -1.96. The van der Waals surface area contributed by atoms with E-state index in [1.807, 2.05) is 6.07 Å². The highest BCUT2D eigenvalue weighted by atomic mass is 16.5. The lowest BCUT2D eigenvalue weighted by molar-refractivity contribution is 0.394.